The summed E-state index contributed by atoms with van der Waals surface area (Å²) < 4.78 is 1.33. The highest BCUT2D eigenvalue weighted by Gasteiger charge is 2.11. The van der Waals surface area contributed by atoms with Crippen LogP contribution in [0.15, 0.2) is 53.9 Å². The Labute approximate surface area is 128 Å². The maximum Gasteiger partial charge on any atom is 0.0438 e. The first-order valence-electron chi connectivity index (χ1n) is 6.68. The van der Waals surface area contributed by atoms with Crippen LogP contribution in [0, 0.1) is 0 Å². The van der Waals surface area contributed by atoms with Gasteiger partial charge in [-0.25, -0.2) is 0 Å². The van der Waals surface area contributed by atoms with Crippen LogP contribution < -0.4 is 5.73 Å². The largest absolute Gasteiger partial charge is 0.327 e. The van der Waals surface area contributed by atoms with Gasteiger partial charge in [0, 0.05) is 15.8 Å². The van der Waals surface area contributed by atoms with E-state index in [0.29, 0.717) is 0 Å². The number of rotatable bonds is 4. The maximum absolute atomic E-state index is 6.30. The molecular weight excluding hydrogens is 286 g/mol. The highest BCUT2D eigenvalue weighted by Crippen LogP contribution is 2.27. The molecule has 1 nitrogen and oxygen atoms in total. The van der Waals surface area contributed by atoms with Crippen molar-refractivity contribution >= 4 is 33.0 Å². The van der Waals surface area contributed by atoms with Gasteiger partial charge in [-0.15, -0.1) is 11.3 Å². The zero-order chi connectivity index (χ0) is 13.9. The lowest BCUT2D eigenvalue weighted by molar-refractivity contribution is 0.668. The minimum Gasteiger partial charge on any atom is -0.327 e. The van der Waals surface area contributed by atoms with Crippen LogP contribution in [-0.2, 0) is 12.8 Å². The molecule has 0 bridgehead atoms. The van der Waals surface area contributed by atoms with E-state index in [1.165, 1.54) is 15.6 Å². The Morgan fingerprint density at radius 3 is 2.50 bits per heavy atom. The molecule has 102 valence electrons. The van der Waals surface area contributed by atoms with Crippen LogP contribution in [0.4, 0.5) is 0 Å². The van der Waals surface area contributed by atoms with E-state index in [0.717, 1.165) is 23.4 Å². The summed E-state index contributed by atoms with van der Waals surface area (Å²) in [5.74, 6) is 0. The number of thiophene rings is 1. The zero-order valence-corrected chi connectivity index (χ0v) is 12.6. The van der Waals surface area contributed by atoms with Crippen molar-refractivity contribution in [1.29, 1.82) is 0 Å². The quantitative estimate of drug-likeness (QED) is 0.745. The van der Waals surface area contributed by atoms with Crippen molar-refractivity contribution < 1.29 is 0 Å². The second-order valence-electron chi connectivity index (χ2n) is 5.02. The molecule has 0 fully saturated rings. The van der Waals surface area contributed by atoms with Crippen molar-refractivity contribution in [2.45, 2.75) is 18.9 Å². The Balaban J connectivity index is 1.76. The molecule has 1 aromatic heterocycles. The van der Waals surface area contributed by atoms with Gasteiger partial charge in [-0.05, 0) is 46.9 Å². The lowest BCUT2D eigenvalue weighted by Crippen LogP contribution is -2.25. The van der Waals surface area contributed by atoms with Gasteiger partial charge in [0.25, 0.3) is 0 Å². The van der Waals surface area contributed by atoms with Crippen LogP contribution in [-0.4, -0.2) is 6.04 Å². The fraction of sp³-hybridized carbons (Fsp3) is 0.176. The topological polar surface area (TPSA) is 26.0 Å². The van der Waals surface area contributed by atoms with Crippen LogP contribution >= 0.6 is 22.9 Å². The molecule has 0 saturated heterocycles. The van der Waals surface area contributed by atoms with E-state index in [1.807, 2.05) is 24.3 Å². The molecule has 0 aliphatic carbocycles. The summed E-state index contributed by atoms with van der Waals surface area (Å²) in [4.78, 5) is 0. The van der Waals surface area contributed by atoms with Gasteiger partial charge in [0.1, 0.15) is 0 Å². The van der Waals surface area contributed by atoms with Gasteiger partial charge >= 0.3 is 0 Å². The van der Waals surface area contributed by atoms with E-state index < -0.39 is 0 Å². The van der Waals surface area contributed by atoms with Crippen molar-refractivity contribution in [2.24, 2.45) is 5.73 Å². The molecule has 0 saturated carbocycles. The third kappa shape index (κ3) is 2.88. The van der Waals surface area contributed by atoms with E-state index in [4.69, 9.17) is 17.3 Å². The molecule has 1 heterocycles. The van der Waals surface area contributed by atoms with Crippen LogP contribution in [0.2, 0.25) is 5.02 Å². The Morgan fingerprint density at radius 2 is 1.65 bits per heavy atom. The number of halogens is 1. The first-order valence-corrected chi connectivity index (χ1v) is 7.94. The van der Waals surface area contributed by atoms with E-state index >= 15 is 0 Å². The number of nitrogens with two attached hydrogens (primary N) is 1. The Hall–Kier alpha value is -1.35. The molecule has 20 heavy (non-hydrogen) atoms. The Morgan fingerprint density at radius 1 is 0.950 bits per heavy atom. The van der Waals surface area contributed by atoms with Gasteiger partial charge in [-0.3, -0.25) is 0 Å². The van der Waals surface area contributed by atoms with Gasteiger partial charge in [0.15, 0.2) is 0 Å². The number of hydrogen-bond donors (Lipinski definition) is 1. The van der Waals surface area contributed by atoms with Crippen molar-refractivity contribution in [3.8, 4) is 0 Å². The van der Waals surface area contributed by atoms with Crippen LogP contribution in [0.1, 0.15) is 11.1 Å². The summed E-state index contributed by atoms with van der Waals surface area (Å²) in [6.07, 6.45) is 1.69. The molecule has 0 aliphatic rings. The molecule has 3 rings (SSSR count). The molecular formula is C17H16ClNS. The predicted octanol–water partition coefficient (Wildman–Crippen LogP) is 4.67. The number of hydrogen-bond acceptors (Lipinski definition) is 2. The average molecular weight is 302 g/mol. The molecule has 0 amide bonds. The van der Waals surface area contributed by atoms with E-state index in [-0.39, 0.29) is 6.04 Å². The summed E-state index contributed by atoms with van der Waals surface area (Å²) in [7, 11) is 0. The molecule has 3 aromatic rings. The highest BCUT2D eigenvalue weighted by atomic mass is 35.5. The third-order valence-corrected chi connectivity index (χ3v) is 4.86. The molecule has 0 aliphatic heterocycles. The van der Waals surface area contributed by atoms with Crippen molar-refractivity contribution in [2.75, 3.05) is 0 Å². The smallest absolute Gasteiger partial charge is 0.0438 e. The maximum atomic E-state index is 6.30. The van der Waals surface area contributed by atoms with Crippen molar-refractivity contribution in [3.63, 3.8) is 0 Å². The van der Waals surface area contributed by atoms with Crippen LogP contribution in [0.5, 0.6) is 0 Å². The zero-order valence-electron chi connectivity index (χ0n) is 11.1. The summed E-state index contributed by atoms with van der Waals surface area (Å²) >= 11 is 7.98. The Bertz CT molecular complexity index is 720. The van der Waals surface area contributed by atoms with Gasteiger partial charge < -0.3 is 5.73 Å². The second-order valence-corrected chi connectivity index (χ2v) is 6.34. The van der Waals surface area contributed by atoms with Gasteiger partial charge in [0.2, 0.25) is 0 Å². The monoisotopic (exact) mass is 301 g/mol. The van der Waals surface area contributed by atoms with Crippen LogP contribution in [0.3, 0.4) is 0 Å². The lowest BCUT2D eigenvalue weighted by Gasteiger charge is -2.12. The third-order valence-electron chi connectivity index (χ3n) is 3.48. The summed E-state index contributed by atoms with van der Waals surface area (Å²) in [5, 5.41) is 4.35. The standard InChI is InChI=1S/C17H16ClNS/c18-16-7-3-1-5-12(16)9-14(19)10-13-11-20-17-8-4-2-6-15(13)17/h1-8,11,14H,9-10,19H2. The fourth-order valence-electron chi connectivity index (χ4n) is 2.49. The van der Waals surface area contributed by atoms with E-state index in [1.54, 1.807) is 11.3 Å². The normalized spacial score (nSPS) is 12.7. The van der Waals surface area contributed by atoms with E-state index in [2.05, 4.69) is 29.6 Å². The van der Waals surface area contributed by atoms with Gasteiger partial charge in [-0.1, -0.05) is 48.0 Å². The predicted molar refractivity (Wildman–Crippen MR) is 88.7 cm³/mol. The lowest BCUT2D eigenvalue weighted by atomic mass is 9.99. The molecule has 3 heteroatoms. The summed E-state index contributed by atoms with van der Waals surface area (Å²) in [6, 6.07) is 16.5. The first kappa shape index (κ1) is 13.6. The summed E-state index contributed by atoms with van der Waals surface area (Å²) in [5.41, 5.74) is 8.77. The van der Waals surface area contributed by atoms with Gasteiger partial charge in [0.05, 0.1) is 0 Å². The minimum atomic E-state index is 0.0907. The number of fused-ring (bicyclic) bond motifs is 1. The SMILES string of the molecule is NC(Cc1ccccc1Cl)Cc1csc2ccccc12. The van der Waals surface area contributed by atoms with Gasteiger partial charge in [-0.2, -0.15) is 0 Å². The van der Waals surface area contributed by atoms with E-state index in [9.17, 15) is 0 Å². The molecule has 0 radical (unpaired) electrons. The molecule has 1 unspecified atom stereocenters. The Kier molecular flexibility index (Phi) is 4.06. The fourth-order valence-corrected chi connectivity index (χ4v) is 3.68. The van der Waals surface area contributed by atoms with Crippen molar-refractivity contribution in [1.82, 2.24) is 0 Å². The molecule has 2 aromatic carbocycles. The average Bonchev–Trinajstić information content (AvgIpc) is 2.85. The second kappa shape index (κ2) is 5.96. The molecule has 1 atom stereocenters. The highest BCUT2D eigenvalue weighted by molar-refractivity contribution is 7.17. The first-order chi connectivity index (χ1) is 9.74. The number of benzene rings is 2. The minimum absolute atomic E-state index is 0.0907. The van der Waals surface area contributed by atoms with Crippen molar-refractivity contribution in [3.05, 3.63) is 70.1 Å². The molecule has 0 spiro atoms. The summed E-state index contributed by atoms with van der Waals surface area (Å²) in [6.45, 7) is 0. The molecule has 2 N–H and O–H groups in total. The van der Waals surface area contributed by atoms with Crippen LogP contribution in [0.25, 0.3) is 10.1 Å².